The first-order chi connectivity index (χ1) is 10.3. The van der Waals surface area contributed by atoms with Crippen molar-refractivity contribution in [3.8, 4) is 11.5 Å². The van der Waals surface area contributed by atoms with Crippen molar-refractivity contribution >= 4 is 10.8 Å². The second kappa shape index (κ2) is 5.88. The standard InChI is InChI=1S/C19H18O2/c1-20-18-9-5-8-17(19(18)21-2)13-14-10-11-15-6-3-4-7-16(15)12-14/h3-12H,13H2,1-2H3. The molecule has 2 nitrogen and oxygen atoms in total. The lowest BCUT2D eigenvalue weighted by atomic mass is 10.0. The van der Waals surface area contributed by atoms with E-state index < -0.39 is 0 Å². The van der Waals surface area contributed by atoms with Gasteiger partial charge in [0.1, 0.15) is 0 Å². The van der Waals surface area contributed by atoms with Gasteiger partial charge in [-0.1, -0.05) is 54.6 Å². The van der Waals surface area contributed by atoms with Crippen LogP contribution in [-0.4, -0.2) is 14.2 Å². The van der Waals surface area contributed by atoms with Gasteiger partial charge in [-0.15, -0.1) is 0 Å². The van der Waals surface area contributed by atoms with Crippen molar-refractivity contribution in [1.29, 1.82) is 0 Å². The van der Waals surface area contributed by atoms with Gasteiger partial charge in [-0.3, -0.25) is 0 Å². The molecule has 0 spiro atoms. The molecule has 0 heterocycles. The van der Waals surface area contributed by atoms with E-state index in [1.807, 2.05) is 12.1 Å². The third-order valence-corrected chi connectivity index (χ3v) is 3.69. The highest BCUT2D eigenvalue weighted by atomic mass is 16.5. The normalized spacial score (nSPS) is 10.6. The zero-order valence-corrected chi connectivity index (χ0v) is 12.3. The summed E-state index contributed by atoms with van der Waals surface area (Å²) < 4.78 is 10.9. The molecule has 0 saturated carbocycles. The zero-order valence-electron chi connectivity index (χ0n) is 12.3. The molecule has 0 aromatic heterocycles. The van der Waals surface area contributed by atoms with Crippen LogP contribution in [-0.2, 0) is 6.42 Å². The molecule has 0 saturated heterocycles. The summed E-state index contributed by atoms with van der Waals surface area (Å²) in [5.41, 5.74) is 2.40. The highest BCUT2D eigenvalue weighted by Crippen LogP contribution is 2.32. The summed E-state index contributed by atoms with van der Waals surface area (Å²) in [6.45, 7) is 0. The van der Waals surface area contributed by atoms with Gasteiger partial charge in [-0.25, -0.2) is 0 Å². The third kappa shape index (κ3) is 2.70. The summed E-state index contributed by atoms with van der Waals surface area (Å²) in [5.74, 6) is 1.59. The van der Waals surface area contributed by atoms with Crippen molar-refractivity contribution in [2.24, 2.45) is 0 Å². The van der Waals surface area contributed by atoms with Crippen LogP contribution in [0.3, 0.4) is 0 Å². The van der Waals surface area contributed by atoms with Crippen molar-refractivity contribution in [2.75, 3.05) is 14.2 Å². The summed E-state index contributed by atoms with van der Waals surface area (Å²) in [4.78, 5) is 0. The first-order valence-electron chi connectivity index (χ1n) is 6.99. The van der Waals surface area contributed by atoms with Crippen molar-refractivity contribution in [3.05, 3.63) is 71.8 Å². The SMILES string of the molecule is COc1cccc(Cc2ccc3ccccc3c2)c1OC. The number of hydrogen-bond acceptors (Lipinski definition) is 2. The maximum Gasteiger partial charge on any atom is 0.164 e. The summed E-state index contributed by atoms with van der Waals surface area (Å²) in [6.07, 6.45) is 0.825. The number of benzene rings is 3. The van der Waals surface area contributed by atoms with E-state index in [9.17, 15) is 0 Å². The molecule has 0 bridgehead atoms. The Morgan fingerprint density at radius 2 is 1.57 bits per heavy atom. The van der Waals surface area contributed by atoms with E-state index in [2.05, 4.69) is 48.5 Å². The second-order valence-corrected chi connectivity index (χ2v) is 5.01. The van der Waals surface area contributed by atoms with Gasteiger partial charge >= 0.3 is 0 Å². The van der Waals surface area contributed by atoms with Gasteiger partial charge in [0.2, 0.25) is 0 Å². The molecule has 0 aliphatic carbocycles. The van der Waals surface area contributed by atoms with Gasteiger partial charge in [0.05, 0.1) is 14.2 Å². The Balaban J connectivity index is 1.98. The fourth-order valence-corrected chi connectivity index (χ4v) is 2.66. The minimum atomic E-state index is 0.774. The molecule has 3 aromatic carbocycles. The summed E-state index contributed by atoms with van der Waals surface area (Å²) in [7, 11) is 3.35. The maximum atomic E-state index is 5.50. The lowest BCUT2D eigenvalue weighted by molar-refractivity contribution is 0.352. The average Bonchev–Trinajstić information content (AvgIpc) is 2.54. The molecular weight excluding hydrogens is 260 g/mol. The molecule has 0 unspecified atom stereocenters. The maximum absolute atomic E-state index is 5.50. The topological polar surface area (TPSA) is 18.5 Å². The largest absolute Gasteiger partial charge is 0.493 e. The molecule has 106 valence electrons. The fourth-order valence-electron chi connectivity index (χ4n) is 2.66. The Kier molecular flexibility index (Phi) is 3.78. The van der Waals surface area contributed by atoms with Crippen molar-refractivity contribution in [3.63, 3.8) is 0 Å². The van der Waals surface area contributed by atoms with Crippen LogP contribution < -0.4 is 9.47 Å². The van der Waals surface area contributed by atoms with Crippen molar-refractivity contribution < 1.29 is 9.47 Å². The first-order valence-corrected chi connectivity index (χ1v) is 6.99. The summed E-state index contributed by atoms with van der Waals surface area (Å²) >= 11 is 0. The molecule has 3 rings (SSSR count). The predicted octanol–water partition coefficient (Wildman–Crippen LogP) is 4.45. The molecule has 2 heteroatoms. The van der Waals surface area contributed by atoms with Crippen LogP contribution in [0.4, 0.5) is 0 Å². The number of fused-ring (bicyclic) bond motifs is 1. The number of methoxy groups -OCH3 is 2. The smallest absolute Gasteiger partial charge is 0.164 e. The van der Waals surface area contributed by atoms with Gasteiger partial charge < -0.3 is 9.47 Å². The summed E-state index contributed by atoms with van der Waals surface area (Å²) in [6, 6.07) is 21.0. The van der Waals surface area contributed by atoms with Crippen molar-refractivity contribution in [1.82, 2.24) is 0 Å². The average molecular weight is 278 g/mol. The van der Waals surface area contributed by atoms with Crippen LogP contribution >= 0.6 is 0 Å². The van der Waals surface area contributed by atoms with Gasteiger partial charge in [-0.2, -0.15) is 0 Å². The lowest BCUT2D eigenvalue weighted by Crippen LogP contribution is -1.97. The molecule has 21 heavy (non-hydrogen) atoms. The molecule has 0 aliphatic heterocycles. The van der Waals surface area contributed by atoms with E-state index in [1.54, 1.807) is 14.2 Å². The molecular formula is C19H18O2. The van der Waals surface area contributed by atoms with E-state index in [0.717, 1.165) is 23.5 Å². The predicted molar refractivity (Wildman–Crippen MR) is 86.3 cm³/mol. The second-order valence-electron chi connectivity index (χ2n) is 5.01. The Bertz CT molecular complexity index is 762. The molecule has 0 fully saturated rings. The number of ether oxygens (including phenoxy) is 2. The van der Waals surface area contributed by atoms with Gasteiger partial charge in [-0.05, 0) is 22.4 Å². The van der Waals surface area contributed by atoms with E-state index >= 15 is 0 Å². The fraction of sp³-hybridized carbons (Fsp3) is 0.158. The number of para-hydroxylation sites is 1. The Labute approximate surface area is 124 Å². The number of hydrogen-bond donors (Lipinski definition) is 0. The molecule has 0 radical (unpaired) electrons. The lowest BCUT2D eigenvalue weighted by Gasteiger charge is -2.13. The molecule has 0 atom stereocenters. The Morgan fingerprint density at radius 1 is 0.762 bits per heavy atom. The number of rotatable bonds is 4. The van der Waals surface area contributed by atoms with Crippen LogP contribution in [0, 0.1) is 0 Å². The molecule has 0 N–H and O–H groups in total. The van der Waals surface area contributed by atoms with E-state index in [4.69, 9.17) is 9.47 Å². The van der Waals surface area contributed by atoms with Crippen molar-refractivity contribution in [2.45, 2.75) is 6.42 Å². The molecule has 0 aliphatic rings. The van der Waals surface area contributed by atoms with E-state index in [-0.39, 0.29) is 0 Å². The summed E-state index contributed by atoms with van der Waals surface area (Å²) in [5, 5.41) is 2.52. The van der Waals surface area contributed by atoms with Crippen LogP contribution in [0.25, 0.3) is 10.8 Å². The highest BCUT2D eigenvalue weighted by molar-refractivity contribution is 5.83. The molecule has 3 aromatic rings. The first kappa shape index (κ1) is 13.5. The third-order valence-electron chi connectivity index (χ3n) is 3.69. The quantitative estimate of drug-likeness (QED) is 0.702. The van der Waals surface area contributed by atoms with Crippen LogP contribution in [0.15, 0.2) is 60.7 Å². The minimum absolute atomic E-state index is 0.774. The molecule has 0 amide bonds. The Hall–Kier alpha value is -2.48. The van der Waals surface area contributed by atoms with Gasteiger partial charge in [0.25, 0.3) is 0 Å². The van der Waals surface area contributed by atoms with Crippen LogP contribution in [0.5, 0.6) is 11.5 Å². The monoisotopic (exact) mass is 278 g/mol. The van der Waals surface area contributed by atoms with Gasteiger partial charge in [0.15, 0.2) is 11.5 Å². The van der Waals surface area contributed by atoms with Crippen LogP contribution in [0.1, 0.15) is 11.1 Å². The van der Waals surface area contributed by atoms with E-state index in [0.29, 0.717) is 0 Å². The van der Waals surface area contributed by atoms with Crippen LogP contribution in [0.2, 0.25) is 0 Å². The van der Waals surface area contributed by atoms with E-state index in [1.165, 1.54) is 16.3 Å². The zero-order chi connectivity index (χ0) is 14.7. The highest BCUT2D eigenvalue weighted by Gasteiger charge is 2.10. The Morgan fingerprint density at radius 3 is 2.33 bits per heavy atom. The minimum Gasteiger partial charge on any atom is -0.493 e. The van der Waals surface area contributed by atoms with Gasteiger partial charge in [0, 0.05) is 12.0 Å².